The lowest BCUT2D eigenvalue weighted by molar-refractivity contribution is 0.0689. The molecule has 2 aromatic rings. The van der Waals surface area contributed by atoms with Crippen LogP contribution in [0, 0.1) is 0 Å². The second-order valence-corrected chi connectivity index (χ2v) is 7.51. The number of halogens is 2. The Bertz CT molecular complexity index is 704. The van der Waals surface area contributed by atoms with Crippen molar-refractivity contribution in [2.24, 2.45) is 0 Å². The average molecular weight is 376 g/mol. The second-order valence-electron chi connectivity index (χ2n) is 6.80. The highest BCUT2D eigenvalue weighted by Gasteiger charge is 2.27. The van der Waals surface area contributed by atoms with Gasteiger partial charge in [-0.2, -0.15) is 0 Å². The van der Waals surface area contributed by atoms with E-state index < -0.39 is 0 Å². The quantitative estimate of drug-likeness (QED) is 0.611. The SMILES string of the molecule is CN(C(=O)c1ccc(Cl)cc1)[C@H]1CC[C@H](c2ccc(CCl)cc2)CC1. The number of carbonyl (C=O) groups is 1. The van der Waals surface area contributed by atoms with Crippen LogP contribution in [0.2, 0.25) is 5.02 Å². The first-order valence-corrected chi connectivity index (χ1v) is 9.67. The molecule has 0 aromatic heterocycles. The summed E-state index contributed by atoms with van der Waals surface area (Å²) in [4.78, 5) is 14.5. The van der Waals surface area contributed by atoms with Crippen molar-refractivity contribution in [3.63, 3.8) is 0 Å². The van der Waals surface area contributed by atoms with Gasteiger partial charge < -0.3 is 4.90 Å². The third kappa shape index (κ3) is 4.37. The number of hydrogen-bond donors (Lipinski definition) is 0. The summed E-state index contributed by atoms with van der Waals surface area (Å²) in [5.41, 5.74) is 3.25. The fourth-order valence-electron chi connectivity index (χ4n) is 3.64. The number of alkyl halides is 1. The Hall–Kier alpha value is -1.51. The first-order valence-electron chi connectivity index (χ1n) is 8.76. The van der Waals surface area contributed by atoms with E-state index in [1.165, 1.54) is 5.56 Å². The van der Waals surface area contributed by atoms with Crippen molar-refractivity contribution in [3.05, 3.63) is 70.2 Å². The molecule has 0 bridgehead atoms. The Morgan fingerprint density at radius 3 is 2.16 bits per heavy atom. The van der Waals surface area contributed by atoms with Crippen LogP contribution in [-0.4, -0.2) is 23.9 Å². The molecular formula is C21H23Cl2NO. The van der Waals surface area contributed by atoms with Crippen LogP contribution in [0.3, 0.4) is 0 Å². The van der Waals surface area contributed by atoms with Crippen LogP contribution in [0.5, 0.6) is 0 Å². The summed E-state index contributed by atoms with van der Waals surface area (Å²) in [7, 11) is 1.91. The topological polar surface area (TPSA) is 20.3 Å². The molecule has 0 heterocycles. The number of amides is 1. The van der Waals surface area contributed by atoms with Crippen molar-refractivity contribution in [1.82, 2.24) is 4.90 Å². The van der Waals surface area contributed by atoms with E-state index in [0.717, 1.165) is 31.2 Å². The van der Waals surface area contributed by atoms with Crippen LogP contribution in [0.15, 0.2) is 48.5 Å². The Morgan fingerprint density at radius 2 is 1.60 bits per heavy atom. The molecule has 2 nitrogen and oxygen atoms in total. The summed E-state index contributed by atoms with van der Waals surface area (Å²) < 4.78 is 0. The fourth-order valence-corrected chi connectivity index (χ4v) is 3.94. The predicted octanol–water partition coefficient (Wildman–Crippen LogP) is 5.88. The molecule has 1 aliphatic carbocycles. The molecule has 0 aliphatic heterocycles. The molecule has 3 rings (SSSR count). The van der Waals surface area contributed by atoms with Gasteiger partial charge in [-0.3, -0.25) is 4.79 Å². The molecule has 1 fully saturated rings. The van der Waals surface area contributed by atoms with Crippen molar-refractivity contribution >= 4 is 29.1 Å². The Labute approximate surface area is 159 Å². The minimum absolute atomic E-state index is 0.0755. The fraction of sp³-hybridized carbons (Fsp3) is 0.381. The van der Waals surface area contributed by atoms with Crippen LogP contribution in [0.25, 0.3) is 0 Å². The summed E-state index contributed by atoms with van der Waals surface area (Å²) in [6.45, 7) is 0. The van der Waals surface area contributed by atoms with Gasteiger partial charge in [0.25, 0.3) is 5.91 Å². The lowest BCUT2D eigenvalue weighted by Gasteiger charge is -2.35. The molecule has 1 aliphatic rings. The second kappa shape index (κ2) is 8.25. The van der Waals surface area contributed by atoms with Crippen molar-refractivity contribution in [2.45, 2.75) is 43.5 Å². The zero-order valence-electron chi connectivity index (χ0n) is 14.4. The molecule has 0 atom stereocenters. The van der Waals surface area contributed by atoms with Gasteiger partial charge in [-0.05, 0) is 67.0 Å². The maximum atomic E-state index is 12.6. The smallest absolute Gasteiger partial charge is 0.253 e. The summed E-state index contributed by atoms with van der Waals surface area (Å²) in [6, 6.07) is 16.1. The Kier molecular flexibility index (Phi) is 6.03. The minimum atomic E-state index is 0.0755. The molecule has 0 saturated heterocycles. The molecule has 0 N–H and O–H groups in total. The molecule has 2 aromatic carbocycles. The van der Waals surface area contributed by atoms with E-state index in [9.17, 15) is 4.79 Å². The summed E-state index contributed by atoms with van der Waals surface area (Å²) >= 11 is 11.8. The molecule has 0 spiro atoms. The van der Waals surface area contributed by atoms with E-state index >= 15 is 0 Å². The van der Waals surface area contributed by atoms with Crippen LogP contribution < -0.4 is 0 Å². The zero-order chi connectivity index (χ0) is 17.8. The lowest BCUT2D eigenvalue weighted by atomic mass is 9.81. The Balaban J connectivity index is 1.59. The van der Waals surface area contributed by atoms with Gasteiger partial charge in [-0.25, -0.2) is 0 Å². The average Bonchev–Trinajstić information content (AvgIpc) is 2.67. The number of rotatable bonds is 4. The Morgan fingerprint density at radius 1 is 1.00 bits per heavy atom. The largest absolute Gasteiger partial charge is 0.339 e. The predicted molar refractivity (Wildman–Crippen MR) is 105 cm³/mol. The van der Waals surface area contributed by atoms with Crippen LogP contribution in [-0.2, 0) is 5.88 Å². The van der Waals surface area contributed by atoms with Crippen LogP contribution >= 0.6 is 23.2 Å². The number of carbonyl (C=O) groups excluding carboxylic acids is 1. The zero-order valence-corrected chi connectivity index (χ0v) is 15.9. The first kappa shape index (κ1) is 18.3. The van der Waals surface area contributed by atoms with E-state index in [-0.39, 0.29) is 5.91 Å². The van der Waals surface area contributed by atoms with E-state index in [0.29, 0.717) is 28.4 Å². The third-order valence-electron chi connectivity index (χ3n) is 5.26. The molecule has 0 radical (unpaired) electrons. The standard InChI is InChI=1S/C21H23Cl2NO/c1-24(21(25)18-6-10-19(23)11-7-18)20-12-8-17(9-13-20)16-4-2-15(14-22)3-5-16/h2-7,10-11,17,20H,8-9,12-14H2,1H3/t17-,20-. The first-order chi connectivity index (χ1) is 12.1. The highest BCUT2D eigenvalue weighted by Crippen LogP contribution is 2.35. The van der Waals surface area contributed by atoms with Gasteiger partial charge in [-0.1, -0.05) is 35.9 Å². The van der Waals surface area contributed by atoms with E-state index in [1.54, 1.807) is 24.3 Å². The summed E-state index contributed by atoms with van der Waals surface area (Å²) in [5.74, 6) is 1.22. The van der Waals surface area contributed by atoms with E-state index in [1.807, 2.05) is 11.9 Å². The van der Waals surface area contributed by atoms with Gasteiger partial charge >= 0.3 is 0 Å². The molecule has 1 amide bonds. The van der Waals surface area contributed by atoms with Crippen LogP contribution in [0.1, 0.15) is 53.1 Å². The number of nitrogens with zero attached hydrogens (tertiary/aromatic N) is 1. The van der Waals surface area contributed by atoms with E-state index in [4.69, 9.17) is 23.2 Å². The summed E-state index contributed by atoms with van der Waals surface area (Å²) in [6.07, 6.45) is 4.31. The van der Waals surface area contributed by atoms with Gasteiger partial charge in [0.05, 0.1) is 0 Å². The van der Waals surface area contributed by atoms with E-state index in [2.05, 4.69) is 24.3 Å². The van der Waals surface area contributed by atoms with Gasteiger partial charge in [0.1, 0.15) is 0 Å². The number of benzene rings is 2. The third-order valence-corrected chi connectivity index (χ3v) is 5.82. The molecule has 132 valence electrons. The minimum Gasteiger partial charge on any atom is -0.339 e. The van der Waals surface area contributed by atoms with Crippen LogP contribution in [0.4, 0.5) is 0 Å². The van der Waals surface area contributed by atoms with Gasteiger partial charge in [0.2, 0.25) is 0 Å². The molecule has 4 heteroatoms. The molecule has 25 heavy (non-hydrogen) atoms. The maximum absolute atomic E-state index is 12.6. The van der Waals surface area contributed by atoms with Crippen molar-refractivity contribution in [2.75, 3.05) is 7.05 Å². The normalized spacial score (nSPS) is 20.3. The highest BCUT2D eigenvalue weighted by molar-refractivity contribution is 6.30. The van der Waals surface area contributed by atoms with Crippen molar-refractivity contribution in [1.29, 1.82) is 0 Å². The van der Waals surface area contributed by atoms with Crippen molar-refractivity contribution < 1.29 is 4.79 Å². The maximum Gasteiger partial charge on any atom is 0.253 e. The van der Waals surface area contributed by atoms with Crippen molar-refractivity contribution in [3.8, 4) is 0 Å². The highest BCUT2D eigenvalue weighted by atomic mass is 35.5. The molecular weight excluding hydrogens is 353 g/mol. The molecule has 1 saturated carbocycles. The van der Waals surface area contributed by atoms with Gasteiger partial charge in [0.15, 0.2) is 0 Å². The number of hydrogen-bond acceptors (Lipinski definition) is 1. The summed E-state index contributed by atoms with van der Waals surface area (Å²) in [5, 5.41) is 0.653. The lowest BCUT2D eigenvalue weighted by Crippen LogP contribution is -2.39. The van der Waals surface area contributed by atoms with Gasteiger partial charge in [0, 0.05) is 29.6 Å². The monoisotopic (exact) mass is 375 g/mol. The van der Waals surface area contributed by atoms with Gasteiger partial charge in [-0.15, -0.1) is 11.6 Å². The molecule has 0 unspecified atom stereocenters.